The van der Waals surface area contributed by atoms with Crippen LogP contribution >= 0.6 is 0 Å². The highest BCUT2D eigenvalue weighted by Gasteiger charge is 2.19. The van der Waals surface area contributed by atoms with Gasteiger partial charge in [-0.2, -0.15) is 0 Å². The maximum absolute atomic E-state index is 13.5. The van der Waals surface area contributed by atoms with Crippen molar-refractivity contribution in [2.45, 2.75) is 32.2 Å². The smallest absolute Gasteiger partial charge is 0.251 e. The van der Waals surface area contributed by atoms with Gasteiger partial charge in [0.2, 0.25) is 0 Å². The van der Waals surface area contributed by atoms with Gasteiger partial charge in [0.15, 0.2) is 0 Å². The predicted molar refractivity (Wildman–Crippen MR) is 106 cm³/mol. The Balaban J connectivity index is 1.92. The van der Waals surface area contributed by atoms with Gasteiger partial charge < -0.3 is 10.3 Å². The number of halogens is 2. The average molecular weight is 397 g/mol. The number of hydrogen-bond acceptors (Lipinski definition) is 3. The van der Waals surface area contributed by atoms with Gasteiger partial charge >= 0.3 is 0 Å². The van der Waals surface area contributed by atoms with Crippen molar-refractivity contribution >= 4 is 5.91 Å². The molecule has 0 radical (unpaired) electrons. The fourth-order valence-electron chi connectivity index (χ4n) is 2.93. The topological polar surface area (TPSA) is 74.8 Å². The highest BCUT2D eigenvalue weighted by Crippen LogP contribution is 2.20. The van der Waals surface area contributed by atoms with Gasteiger partial charge in [-0.25, -0.2) is 13.8 Å². The lowest BCUT2D eigenvalue weighted by Crippen LogP contribution is -2.30. The molecule has 1 amide bonds. The Hall–Kier alpha value is -3.35. The van der Waals surface area contributed by atoms with Gasteiger partial charge in [-0.15, -0.1) is 0 Å². The van der Waals surface area contributed by atoms with E-state index < -0.39 is 23.6 Å². The van der Waals surface area contributed by atoms with Crippen molar-refractivity contribution in [1.29, 1.82) is 0 Å². The van der Waals surface area contributed by atoms with E-state index in [1.54, 1.807) is 12.1 Å². The first-order valence-electron chi connectivity index (χ1n) is 9.24. The second-order valence-corrected chi connectivity index (χ2v) is 7.07. The molecule has 29 heavy (non-hydrogen) atoms. The molecular weight excluding hydrogens is 376 g/mol. The van der Waals surface area contributed by atoms with Gasteiger partial charge in [0.1, 0.15) is 17.5 Å². The fraction of sp³-hybridized carbons (Fsp3) is 0.227. The summed E-state index contributed by atoms with van der Waals surface area (Å²) >= 11 is 0. The van der Waals surface area contributed by atoms with Crippen LogP contribution in [0.25, 0.3) is 0 Å². The van der Waals surface area contributed by atoms with Gasteiger partial charge in [-0.1, -0.05) is 32.0 Å². The Kier molecular flexibility index (Phi) is 6.16. The van der Waals surface area contributed by atoms with Crippen LogP contribution in [-0.2, 0) is 6.42 Å². The second-order valence-electron chi connectivity index (χ2n) is 7.07. The van der Waals surface area contributed by atoms with Gasteiger partial charge in [0, 0.05) is 24.0 Å². The number of H-pyrrole nitrogens is 1. The average Bonchev–Trinajstić information content (AvgIpc) is 2.67. The molecule has 0 aliphatic heterocycles. The minimum atomic E-state index is -0.583. The third-order valence-electron chi connectivity index (χ3n) is 4.44. The van der Waals surface area contributed by atoms with Crippen molar-refractivity contribution in [2.75, 3.05) is 0 Å². The molecule has 0 aliphatic carbocycles. The molecule has 0 spiro atoms. The monoisotopic (exact) mass is 397 g/mol. The lowest BCUT2D eigenvalue weighted by atomic mass is 10.0. The quantitative estimate of drug-likeness (QED) is 0.663. The number of benzene rings is 2. The molecule has 7 heteroatoms. The lowest BCUT2D eigenvalue weighted by Gasteiger charge is -2.20. The summed E-state index contributed by atoms with van der Waals surface area (Å²) in [6, 6.07) is 11.8. The molecule has 5 nitrogen and oxygen atoms in total. The Bertz CT molecular complexity index is 1060. The zero-order chi connectivity index (χ0) is 21.0. The Morgan fingerprint density at radius 2 is 1.79 bits per heavy atom. The van der Waals surface area contributed by atoms with Crippen molar-refractivity contribution in [1.82, 2.24) is 15.3 Å². The van der Waals surface area contributed by atoms with Crippen LogP contribution in [0, 0.1) is 11.6 Å². The normalized spacial score (nSPS) is 12.0. The first kappa shape index (κ1) is 20.4. The van der Waals surface area contributed by atoms with Crippen molar-refractivity contribution in [3.63, 3.8) is 0 Å². The van der Waals surface area contributed by atoms with Gasteiger partial charge in [0.25, 0.3) is 11.5 Å². The Morgan fingerprint density at radius 1 is 1.07 bits per heavy atom. The number of nitrogens with one attached hydrogen (secondary N) is 2. The lowest BCUT2D eigenvalue weighted by molar-refractivity contribution is 0.0936. The molecule has 3 aromatic rings. The first-order chi connectivity index (χ1) is 13.8. The molecule has 0 bridgehead atoms. The number of amides is 1. The van der Waals surface area contributed by atoms with Crippen molar-refractivity contribution < 1.29 is 13.6 Å². The van der Waals surface area contributed by atoms with E-state index in [9.17, 15) is 18.4 Å². The van der Waals surface area contributed by atoms with Crippen LogP contribution in [0.1, 0.15) is 53.2 Å². The van der Waals surface area contributed by atoms with E-state index in [4.69, 9.17) is 0 Å². The fourth-order valence-corrected chi connectivity index (χ4v) is 2.93. The van der Waals surface area contributed by atoms with Crippen LogP contribution in [0.3, 0.4) is 0 Å². The van der Waals surface area contributed by atoms with Crippen LogP contribution in [-0.4, -0.2) is 15.9 Å². The SMILES string of the molecule is CC(C)c1nc(C[C@@H](NC(=O)c2cccc(F)c2)c2ccc(F)cc2)cc(=O)[nH]1. The second kappa shape index (κ2) is 8.77. The molecule has 1 heterocycles. The third-order valence-corrected chi connectivity index (χ3v) is 4.44. The molecule has 1 aromatic heterocycles. The summed E-state index contributed by atoms with van der Waals surface area (Å²) in [5.41, 5.74) is 1.02. The molecule has 2 aromatic carbocycles. The minimum Gasteiger partial charge on any atom is -0.345 e. The summed E-state index contributed by atoms with van der Waals surface area (Å²) in [5.74, 6) is -0.836. The third kappa shape index (κ3) is 5.34. The number of carbonyl (C=O) groups is 1. The molecule has 0 unspecified atom stereocenters. The standard InChI is InChI=1S/C22H21F2N3O2/c1-13(2)21-25-18(12-20(28)27-21)11-19(14-6-8-16(23)9-7-14)26-22(29)15-4-3-5-17(24)10-15/h3-10,12-13,19H,11H2,1-2H3,(H,26,29)(H,25,27,28)/t19-/m1/s1. The first-order valence-corrected chi connectivity index (χ1v) is 9.24. The molecule has 0 fully saturated rings. The molecule has 2 N–H and O–H groups in total. The zero-order valence-corrected chi connectivity index (χ0v) is 16.1. The number of aromatic amines is 1. The number of carbonyl (C=O) groups excluding carboxylic acids is 1. The van der Waals surface area contributed by atoms with Crippen molar-refractivity contribution in [3.05, 3.63) is 99.2 Å². The van der Waals surface area contributed by atoms with Crippen LogP contribution in [0.5, 0.6) is 0 Å². The maximum Gasteiger partial charge on any atom is 0.251 e. The summed E-state index contributed by atoms with van der Waals surface area (Å²) in [7, 11) is 0. The summed E-state index contributed by atoms with van der Waals surface area (Å²) in [4.78, 5) is 31.8. The van der Waals surface area contributed by atoms with E-state index in [1.165, 1.54) is 36.4 Å². The number of nitrogens with zero attached hydrogens (tertiary/aromatic N) is 1. The number of rotatable bonds is 6. The van der Waals surface area contributed by atoms with E-state index in [2.05, 4.69) is 15.3 Å². The van der Waals surface area contributed by atoms with Crippen LogP contribution < -0.4 is 10.9 Å². The van der Waals surface area contributed by atoms with Gasteiger partial charge in [0.05, 0.1) is 11.7 Å². The van der Waals surface area contributed by atoms with E-state index >= 15 is 0 Å². The van der Waals surface area contributed by atoms with E-state index in [0.29, 0.717) is 17.1 Å². The minimum absolute atomic E-state index is 0.0220. The molecule has 150 valence electrons. The van der Waals surface area contributed by atoms with E-state index in [0.717, 1.165) is 6.07 Å². The molecule has 0 saturated heterocycles. The number of hydrogen-bond donors (Lipinski definition) is 2. The summed E-state index contributed by atoms with van der Waals surface area (Å²) in [5, 5.41) is 2.83. The molecule has 3 rings (SSSR count). The molecule has 0 saturated carbocycles. The van der Waals surface area contributed by atoms with Crippen molar-refractivity contribution in [2.24, 2.45) is 0 Å². The summed E-state index contributed by atoms with van der Waals surface area (Å²) in [6.45, 7) is 3.82. The highest BCUT2D eigenvalue weighted by atomic mass is 19.1. The van der Waals surface area contributed by atoms with Gasteiger partial charge in [-0.05, 0) is 35.9 Å². The Morgan fingerprint density at radius 3 is 2.45 bits per heavy atom. The highest BCUT2D eigenvalue weighted by molar-refractivity contribution is 5.94. The zero-order valence-electron chi connectivity index (χ0n) is 16.1. The predicted octanol–water partition coefficient (Wildman–Crippen LogP) is 3.89. The largest absolute Gasteiger partial charge is 0.345 e. The Labute approximate surface area is 166 Å². The summed E-state index contributed by atoms with van der Waals surface area (Å²) < 4.78 is 26.8. The number of aromatic nitrogens is 2. The van der Waals surface area contributed by atoms with Gasteiger partial charge in [-0.3, -0.25) is 9.59 Å². The molecular formula is C22H21F2N3O2. The molecule has 1 atom stereocenters. The maximum atomic E-state index is 13.5. The summed E-state index contributed by atoms with van der Waals surface area (Å²) in [6.07, 6.45) is 0.219. The van der Waals surface area contributed by atoms with Crippen molar-refractivity contribution in [3.8, 4) is 0 Å². The molecule has 0 aliphatic rings. The van der Waals surface area contributed by atoms with E-state index in [-0.39, 0.29) is 23.5 Å². The van der Waals surface area contributed by atoms with Crippen LogP contribution in [0.2, 0.25) is 0 Å². The van der Waals surface area contributed by atoms with E-state index in [1.807, 2.05) is 13.8 Å². The van der Waals surface area contributed by atoms with Crippen LogP contribution in [0.4, 0.5) is 8.78 Å². The van der Waals surface area contributed by atoms with Crippen LogP contribution in [0.15, 0.2) is 59.4 Å².